The fourth-order valence-electron chi connectivity index (χ4n) is 4.71. The Morgan fingerprint density at radius 2 is 1.78 bits per heavy atom. The lowest BCUT2D eigenvalue weighted by Crippen LogP contribution is -2.43. The van der Waals surface area contributed by atoms with Crippen molar-refractivity contribution in [2.75, 3.05) is 38.1 Å². The first-order valence-corrected chi connectivity index (χ1v) is 12.1. The summed E-state index contributed by atoms with van der Waals surface area (Å²) in [6.45, 7) is 7.42. The maximum Gasteiger partial charge on any atom is 0.229 e. The van der Waals surface area contributed by atoms with E-state index in [0.717, 1.165) is 69.8 Å². The van der Waals surface area contributed by atoms with Gasteiger partial charge in [0.15, 0.2) is 0 Å². The Labute approximate surface area is 196 Å². The molecule has 1 aliphatic heterocycles. The lowest BCUT2D eigenvalue weighted by atomic mass is 9.86. The van der Waals surface area contributed by atoms with E-state index in [2.05, 4.69) is 35.3 Å². The first kappa shape index (κ1) is 23.1. The highest BCUT2D eigenvalue weighted by Crippen LogP contribution is 2.31. The maximum absolute atomic E-state index is 13.2. The van der Waals surface area contributed by atoms with Gasteiger partial charge in [0.25, 0.3) is 0 Å². The second kappa shape index (κ2) is 10.7. The third-order valence-corrected chi connectivity index (χ3v) is 7.04. The van der Waals surface area contributed by atoms with Crippen LogP contribution in [0.15, 0.2) is 42.5 Å². The minimum Gasteiger partial charge on any atom is -0.490 e. The Morgan fingerprint density at radius 3 is 2.44 bits per heavy atom. The number of carbonyl (C=O) groups is 1. The summed E-state index contributed by atoms with van der Waals surface area (Å²) in [5.74, 6) is 1.12. The van der Waals surface area contributed by atoms with Crippen LogP contribution in [0.5, 0.6) is 5.75 Å². The van der Waals surface area contributed by atoms with E-state index in [-0.39, 0.29) is 17.9 Å². The molecule has 0 atom stereocenters. The first-order chi connectivity index (χ1) is 15.5. The third-order valence-electron chi connectivity index (χ3n) is 6.79. The molecule has 4 rings (SSSR count). The lowest BCUT2D eigenvalue weighted by Gasteiger charge is -2.31. The van der Waals surface area contributed by atoms with Crippen molar-refractivity contribution in [3.63, 3.8) is 0 Å². The Bertz CT molecular complexity index is 904. The lowest BCUT2D eigenvalue weighted by molar-refractivity contribution is -0.123. The Balaban J connectivity index is 1.30. The number of nitrogens with one attached hydrogen (secondary N) is 1. The summed E-state index contributed by atoms with van der Waals surface area (Å²) in [5, 5.41) is 4.11. The minimum atomic E-state index is 0.0610. The molecule has 6 heteroatoms. The summed E-state index contributed by atoms with van der Waals surface area (Å²) in [4.78, 5) is 17.5. The van der Waals surface area contributed by atoms with Gasteiger partial charge in [-0.2, -0.15) is 0 Å². The minimum absolute atomic E-state index is 0.0610. The molecule has 0 aromatic heterocycles. The number of benzene rings is 2. The molecule has 2 aliphatic rings. The molecule has 0 radical (unpaired) electrons. The number of amides is 1. The van der Waals surface area contributed by atoms with E-state index in [1.54, 1.807) is 0 Å². The van der Waals surface area contributed by atoms with Gasteiger partial charge in [-0.05, 0) is 80.1 Å². The van der Waals surface area contributed by atoms with Crippen LogP contribution in [-0.2, 0) is 11.3 Å². The SMILES string of the molecule is Cc1cc(N(C)C(=O)C2CCC(Oc3ccc(Cl)cc3)CC2)ccc1CN1CCNCC1. The van der Waals surface area contributed by atoms with Crippen molar-refractivity contribution >= 4 is 23.2 Å². The molecule has 1 N–H and O–H groups in total. The number of anilines is 1. The monoisotopic (exact) mass is 455 g/mol. The Morgan fingerprint density at radius 1 is 1.09 bits per heavy atom. The van der Waals surface area contributed by atoms with Crippen molar-refractivity contribution in [3.8, 4) is 5.75 Å². The van der Waals surface area contributed by atoms with Crippen molar-refractivity contribution in [1.29, 1.82) is 0 Å². The second-order valence-corrected chi connectivity index (χ2v) is 9.52. The number of aryl methyl sites for hydroxylation is 1. The smallest absolute Gasteiger partial charge is 0.229 e. The summed E-state index contributed by atoms with van der Waals surface area (Å²) in [6.07, 6.45) is 3.69. The molecule has 2 fully saturated rings. The highest BCUT2D eigenvalue weighted by molar-refractivity contribution is 6.30. The van der Waals surface area contributed by atoms with Crippen LogP contribution in [-0.4, -0.2) is 50.1 Å². The number of hydrogen-bond donors (Lipinski definition) is 1. The van der Waals surface area contributed by atoms with Gasteiger partial charge in [-0.1, -0.05) is 17.7 Å². The number of rotatable bonds is 6. The van der Waals surface area contributed by atoms with E-state index >= 15 is 0 Å². The summed E-state index contributed by atoms with van der Waals surface area (Å²) in [5.41, 5.74) is 3.58. The van der Waals surface area contributed by atoms with Crippen LogP contribution >= 0.6 is 11.6 Å². The first-order valence-electron chi connectivity index (χ1n) is 11.7. The molecule has 0 unspecified atom stereocenters. The average Bonchev–Trinajstić information content (AvgIpc) is 2.82. The zero-order valence-corrected chi connectivity index (χ0v) is 19.9. The molecule has 172 valence electrons. The molecule has 1 saturated heterocycles. The van der Waals surface area contributed by atoms with Crippen LogP contribution in [0.4, 0.5) is 5.69 Å². The molecular weight excluding hydrogens is 422 g/mol. The van der Waals surface area contributed by atoms with Crippen molar-refractivity contribution in [3.05, 3.63) is 58.6 Å². The fourth-order valence-corrected chi connectivity index (χ4v) is 4.84. The van der Waals surface area contributed by atoms with Gasteiger partial charge in [0.05, 0.1) is 6.10 Å². The Hall–Kier alpha value is -2.08. The van der Waals surface area contributed by atoms with Gasteiger partial charge < -0.3 is 15.0 Å². The van der Waals surface area contributed by atoms with Gasteiger partial charge in [-0.25, -0.2) is 0 Å². The third kappa shape index (κ3) is 5.83. The number of piperazine rings is 1. The summed E-state index contributed by atoms with van der Waals surface area (Å²) in [6, 6.07) is 13.9. The molecule has 5 nitrogen and oxygen atoms in total. The molecule has 1 saturated carbocycles. The molecule has 2 aromatic rings. The van der Waals surface area contributed by atoms with Crippen LogP contribution in [0, 0.1) is 12.8 Å². The van der Waals surface area contributed by atoms with Gasteiger partial charge in [-0.15, -0.1) is 0 Å². The highest BCUT2D eigenvalue weighted by atomic mass is 35.5. The topological polar surface area (TPSA) is 44.8 Å². The normalized spacial score (nSPS) is 21.8. The molecule has 0 spiro atoms. The quantitative estimate of drug-likeness (QED) is 0.688. The summed E-state index contributed by atoms with van der Waals surface area (Å²) in [7, 11) is 1.91. The number of ether oxygens (including phenoxy) is 1. The van der Waals surface area contributed by atoms with Crippen molar-refractivity contribution in [2.45, 2.75) is 45.3 Å². The molecule has 1 aliphatic carbocycles. The molecule has 2 aromatic carbocycles. The van der Waals surface area contributed by atoms with Crippen LogP contribution in [0.2, 0.25) is 5.02 Å². The maximum atomic E-state index is 13.2. The van der Waals surface area contributed by atoms with Gasteiger partial charge in [0.2, 0.25) is 5.91 Å². The number of carbonyl (C=O) groups excluding carboxylic acids is 1. The standard InChI is InChI=1S/C26H34ClN3O2/c1-19-17-23(8-3-21(19)18-30-15-13-28-14-16-30)29(2)26(31)20-4-9-24(10-5-20)32-25-11-6-22(27)7-12-25/h3,6-8,11-12,17,20,24,28H,4-5,9-10,13-16,18H2,1-2H3. The van der Waals surface area contributed by atoms with E-state index in [1.165, 1.54) is 11.1 Å². The molecule has 0 bridgehead atoms. The van der Waals surface area contributed by atoms with Crippen LogP contribution < -0.4 is 15.0 Å². The zero-order valence-electron chi connectivity index (χ0n) is 19.1. The van der Waals surface area contributed by atoms with Crippen molar-refractivity contribution < 1.29 is 9.53 Å². The van der Waals surface area contributed by atoms with E-state index in [4.69, 9.17) is 16.3 Å². The van der Waals surface area contributed by atoms with E-state index in [0.29, 0.717) is 5.02 Å². The number of hydrogen-bond acceptors (Lipinski definition) is 4. The number of halogens is 1. The van der Waals surface area contributed by atoms with Gasteiger partial charge in [-0.3, -0.25) is 9.69 Å². The fraction of sp³-hybridized carbons (Fsp3) is 0.500. The highest BCUT2D eigenvalue weighted by Gasteiger charge is 2.29. The van der Waals surface area contributed by atoms with Crippen LogP contribution in [0.3, 0.4) is 0 Å². The van der Waals surface area contributed by atoms with Gasteiger partial charge in [0.1, 0.15) is 5.75 Å². The van der Waals surface area contributed by atoms with Crippen molar-refractivity contribution in [2.24, 2.45) is 5.92 Å². The second-order valence-electron chi connectivity index (χ2n) is 9.08. The molecule has 32 heavy (non-hydrogen) atoms. The molecule has 1 amide bonds. The molecule has 1 heterocycles. The molecular formula is C26H34ClN3O2. The zero-order chi connectivity index (χ0) is 22.5. The largest absolute Gasteiger partial charge is 0.490 e. The summed E-state index contributed by atoms with van der Waals surface area (Å²) >= 11 is 5.95. The van der Waals surface area contributed by atoms with E-state index in [9.17, 15) is 4.79 Å². The van der Waals surface area contributed by atoms with Crippen LogP contribution in [0.1, 0.15) is 36.8 Å². The predicted octanol–water partition coefficient (Wildman–Crippen LogP) is 4.65. The van der Waals surface area contributed by atoms with E-state index < -0.39 is 0 Å². The van der Waals surface area contributed by atoms with Gasteiger partial charge in [0, 0.05) is 56.4 Å². The average molecular weight is 456 g/mol. The summed E-state index contributed by atoms with van der Waals surface area (Å²) < 4.78 is 6.08. The van der Waals surface area contributed by atoms with Crippen LogP contribution in [0.25, 0.3) is 0 Å². The predicted molar refractivity (Wildman–Crippen MR) is 131 cm³/mol. The van der Waals surface area contributed by atoms with Gasteiger partial charge >= 0.3 is 0 Å². The number of nitrogens with zero attached hydrogens (tertiary/aromatic N) is 2. The Kier molecular flexibility index (Phi) is 7.71. The van der Waals surface area contributed by atoms with E-state index in [1.807, 2.05) is 36.2 Å². The van der Waals surface area contributed by atoms with Crippen molar-refractivity contribution in [1.82, 2.24) is 10.2 Å².